The summed E-state index contributed by atoms with van der Waals surface area (Å²) in [6.45, 7) is 1.24. The van der Waals surface area contributed by atoms with Crippen molar-refractivity contribution in [3.8, 4) is 0 Å². The molecule has 2 rings (SSSR count). The van der Waals surface area contributed by atoms with Gasteiger partial charge in [-0.2, -0.15) is 4.98 Å². The van der Waals surface area contributed by atoms with Crippen LogP contribution in [0.3, 0.4) is 0 Å². The van der Waals surface area contributed by atoms with Crippen LogP contribution in [0.5, 0.6) is 0 Å². The van der Waals surface area contributed by atoms with Gasteiger partial charge in [-0.1, -0.05) is 5.16 Å². The lowest BCUT2D eigenvalue weighted by atomic mass is 9.99. The van der Waals surface area contributed by atoms with Gasteiger partial charge in [-0.15, -0.1) is 0 Å². The highest BCUT2D eigenvalue weighted by Gasteiger charge is 2.27. The molecule has 0 saturated carbocycles. The normalized spacial score (nSPS) is 19.2. The van der Waals surface area contributed by atoms with E-state index in [1.54, 1.807) is 0 Å². The molecule has 8 heteroatoms. The van der Waals surface area contributed by atoms with Crippen LogP contribution in [-0.2, 0) is 11.2 Å². The minimum absolute atomic E-state index is 0.245. The molecular formula is C11H16N4O4. The van der Waals surface area contributed by atoms with Crippen molar-refractivity contribution >= 4 is 12.0 Å². The maximum absolute atomic E-state index is 11.8. The number of likely N-dealkylation sites (tertiary alicyclic amines) is 1. The Balaban J connectivity index is 1.74. The summed E-state index contributed by atoms with van der Waals surface area (Å²) < 4.78 is 4.81. The van der Waals surface area contributed by atoms with Crippen LogP contribution in [0.2, 0.25) is 0 Å². The molecule has 1 aromatic rings. The minimum atomic E-state index is -0.844. The van der Waals surface area contributed by atoms with Gasteiger partial charge < -0.3 is 19.8 Å². The predicted molar refractivity (Wildman–Crippen MR) is 63.3 cm³/mol. The second-order valence-electron chi connectivity index (χ2n) is 4.44. The first-order valence-electron chi connectivity index (χ1n) is 6.18. The number of amides is 2. The van der Waals surface area contributed by atoms with Crippen molar-refractivity contribution in [2.75, 3.05) is 19.6 Å². The van der Waals surface area contributed by atoms with Crippen LogP contribution in [0.25, 0.3) is 0 Å². The highest BCUT2D eigenvalue weighted by molar-refractivity contribution is 5.76. The standard InChI is InChI=1S/C11H16N4O4/c16-10(17)8-2-1-5-15(6-8)11(18)12-4-3-9-13-7-14-19-9/h7-8H,1-6H2,(H,12,18)(H,16,17)/t8-/m1/s1. The molecule has 2 amide bonds. The van der Waals surface area contributed by atoms with Gasteiger partial charge in [0.05, 0.1) is 5.92 Å². The zero-order chi connectivity index (χ0) is 13.7. The summed E-state index contributed by atoms with van der Waals surface area (Å²) in [6, 6.07) is -0.245. The van der Waals surface area contributed by atoms with Crippen molar-refractivity contribution in [3.63, 3.8) is 0 Å². The molecule has 104 valence electrons. The summed E-state index contributed by atoms with van der Waals surface area (Å²) in [5, 5.41) is 15.1. The van der Waals surface area contributed by atoms with Crippen molar-refractivity contribution in [3.05, 3.63) is 12.2 Å². The summed E-state index contributed by atoms with van der Waals surface area (Å²) in [4.78, 5) is 28.1. The van der Waals surface area contributed by atoms with Gasteiger partial charge in [0, 0.05) is 26.1 Å². The number of aliphatic carboxylic acids is 1. The molecule has 8 nitrogen and oxygen atoms in total. The van der Waals surface area contributed by atoms with E-state index in [0.717, 1.165) is 0 Å². The fraction of sp³-hybridized carbons (Fsp3) is 0.636. The SMILES string of the molecule is O=C(O)[C@@H]1CCCN(C(=O)NCCc2ncno2)C1. The lowest BCUT2D eigenvalue weighted by Gasteiger charge is -2.30. The molecule has 0 radical (unpaired) electrons. The van der Waals surface area contributed by atoms with Crippen molar-refractivity contribution in [2.24, 2.45) is 5.92 Å². The zero-order valence-corrected chi connectivity index (χ0v) is 10.4. The molecule has 19 heavy (non-hydrogen) atoms. The van der Waals surface area contributed by atoms with E-state index < -0.39 is 11.9 Å². The van der Waals surface area contributed by atoms with E-state index in [-0.39, 0.29) is 12.6 Å². The first-order chi connectivity index (χ1) is 9.16. The zero-order valence-electron chi connectivity index (χ0n) is 10.4. The largest absolute Gasteiger partial charge is 0.481 e. The van der Waals surface area contributed by atoms with Crippen LogP contribution in [0.15, 0.2) is 10.9 Å². The number of nitrogens with one attached hydrogen (secondary N) is 1. The lowest BCUT2D eigenvalue weighted by molar-refractivity contribution is -0.143. The lowest BCUT2D eigenvalue weighted by Crippen LogP contribution is -2.47. The van der Waals surface area contributed by atoms with Crippen LogP contribution in [0.1, 0.15) is 18.7 Å². The van der Waals surface area contributed by atoms with Gasteiger partial charge >= 0.3 is 12.0 Å². The molecule has 2 N–H and O–H groups in total. The predicted octanol–water partition coefficient (Wildman–Crippen LogP) is 0.118. The van der Waals surface area contributed by atoms with Crippen LogP contribution >= 0.6 is 0 Å². The van der Waals surface area contributed by atoms with Crippen LogP contribution in [-0.4, -0.2) is 51.8 Å². The van der Waals surface area contributed by atoms with E-state index in [4.69, 9.17) is 9.63 Å². The fourth-order valence-corrected chi connectivity index (χ4v) is 2.06. The first-order valence-corrected chi connectivity index (χ1v) is 6.18. The number of carbonyl (C=O) groups excluding carboxylic acids is 1. The van der Waals surface area contributed by atoms with Gasteiger partial charge in [-0.3, -0.25) is 4.79 Å². The van der Waals surface area contributed by atoms with Gasteiger partial charge in [0.25, 0.3) is 0 Å². The summed E-state index contributed by atoms with van der Waals surface area (Å²) in [7, 11) is 0. The Labute approximate surface area is 109 Å². The monoisotopic (exact) mass is 268 g/mol. The molecular weight excluding hydrogens is 252 g/mol. The van der Waals surface area contributed by atoms with Gasteiger partial charge in [0.2, 0.25) is 5.89 Å². The molecule has 0 spiro atoms. The summed E-state index contributed by atoms with van der Waals surface area (Å²) in [6.07, 6.45) is 3.11. The Morgan fingerprint density at radius 2 is 2.42 bits per heavy atom. The molecule has 1 aliphatic heterocycles. The van der Waals surface area contributed by atoms with Crippen LogP contribution in [0.4, 0.5) is 4.79 Å². The van der Waals surface area contributed by atoms with E-state index in [1.165, 1.54) is 11.2 Å². The van der Waals surface area contributed by atoms with Crippen molar-refractivity contribution in [1.82, 2.24) is 20.4 Å². The highest BCUT2D eigenvalue weighted by Crippen LogP contribution is 2.16. The van der Waals surface area contributed by atoms with Gasteiger partial charge in [0.1, 0.15) is 0 Å². The molecule has 0 aliphatic carbocycles. The topological polar surface area (TPSA) is 109 Å². The number of carboxylic acids is 1. The van der Waals surface area contributed by atoms with Crippen LogP contribution in [0, 0.1) is 5.92 Å². The number of hydrogen-bond acceptors (Lipinski definition) is 5. The molecule has 1 saturated heterocycles. The number of urea groups is 1. The summed E-state index contributed by atoms with van der Waals surface area (Å²) in [5.41, 5.74) is 0. The van der Waals surface area contributed by atoms with E-state index in [9.17, 15) is 9.59 Å². The second-order valence-corrected chi connectivity index (χ2v) is 4.44. The number of rotatable bonds is 4. The first kappa shape index (κ1) is 13.3. The third kappa shape index (κ3) is 3.67. The van der Waals surface area contributed by atoms with E-state index in [2.05, 4.69) is 15.5 Å². The summed E-state index contributed by atoms with van der Waals surface area (Å²) in [5.74, 6) is -0.846. The number of hydrogen-bond donors (Lipinski definition) is 2. The maximum Gasteiger partial charge on any atom is 0.317 e. The Morgan fingerprint density at radius 1 is 1.58 bits per heavy atom. The number of carbonyl (C=O) groups is 2. The van der Waals surface area contributed by atoms with Crippen LogP contribution < -0.4 is 5.32 Å². The van der Waals surface area contributed by atoms with Gasteiger partial charge in [-0.05, 0) is 12.8 Å². The molecule has 1 aromatic heterocycles. The second kappa shape index (κ2) is 6.17. The maximum atomic E-state index is 11.8. The molecule has 0 bridgehead atoms. The molecule has 1 fully saturated rings. The van der Waals surface area contributed by atoms with Crippen molar-refractivity contribution in [2.45, 2.75) is 19.3 Å². The Morgan fingerprint density at radius 3 is 3.11 bits per heavy atom. The third-order valence-corrected chi connectivity index (χ3v) is 3.08. The quantitative estimate of drug-likeness (QED) is 0.802. The third-order valence-electron chi connectivity index (χ3n) is 3.08. The Kier molecular flexibility index (Phi) is 4.32. The van der Waals surface area contributed by atoms with Crippen molar-refractivity contribution in [1.29, 1.82) is 0 Å². The van der Waals surface area contributed by atoms with Gasteiger partial charge in [-0.25, -0.2) is 4.79 Å². The average Bonchev–Trinajstić information content (AvgIpc) is 2.92. The molecule has 0 aromatic carbocycles. The average molecular weight is 268 g/mol. The number of carboxylic acid groups (broad SMARTS) is 1. The molecule has 1 aliphatic rings. The van der Waals surface area contributed by atoms with E-state index >= 15 is 0 Å². The number of aromatic nitrogens is 2. The summed E-state index contributed by atoms with van der Waals surface area (Å²) >= 11 is 0. The van der Waals surface area contributed by atoms with E-state index in [1.807, 2.05) is 0 Å². The molecule has 2 heterocycles. The Hall–Kier alpha value is -2.12. The minimum Gasteiger partial charge on any atom is -0.481 e. The van der Waals surface area contributed by atoms with E-state index in [0.29, 0.717) is 38.2 Å². The molecule has 0 unspecified atom stereocenters. The highest BCUT2D eigenvalue weighted by atomic mass is 16.5. The van der Waals surface area contributed by atoms with Crippen molar-refractivity contribution < 1.29 is 19.2 Å². The number of piperidine rings is 1. The molecule has 1 atom stereocenters. The van der Waals surface area contributed by atoms with Gasteiger partial charge in [0.15, 0.2) is 6.33 Å². The number of nitrogens with zero attached hydrogens (tertiary/aromatic N) is 3. The Bertz CT molecular complexity index is 434. The fourth-order valence-electron chi connectivity index (χ4n) is 2.06. The smallest absolute Gasteiger partial charge is 0.317 e.